The highest BCUT2D eigenvalue weighted by Crippen LogP contribution is 2.18. The highest BCUT2D eigenvalue weighted by molar-refractivity contribution is 6.05. The number of carbonyl (C=O) groups excluding carboxylic acids is 1. The van der Waals surface area contributed by atoms with Crippen LogP contribution in [0.5, 0.6) is 0 Å². The normalized spacial score (nSPS) is 10.3. The zero-order chi connectivity index (χ0) is 15.4. The SMILES string of the molecule is CCNc1ccc(C(=O)Nc2ccc(C)c(C)c2)c(C)c1. The van der Waals surface area contributed by atoms with Crippen molar-refractivity contribution in [3.8, 4) is 0 Å². The van der Waals surface area contributed by atoms with E-state index in [0.29, 0.717) is 5.56 Å². The maximum atomic E-state index is 12.4. The van der Waals surface area contributed by atoms with Crippen molar-refractivity contribution in [2.24, 2.45) is 0 Å². The Morgan fingerprint density at radius 3 is 2.19 bits per heavy atom. The average molecular weight is 282 g/mol. The second kappa shape index (κ2) is 6.44. The van der Waals surface area contributed by atoms with Crippen molar-refractivity contribution >= 4 is 17.3 Å². The summed E-state index contributed by atoms with van der Waals surface area (Å²) in [5.41, 5.74) is 5.94. The van der Waals surface area contributed by atoms with E-state index in [4.69, 9.17) is 0 Å². The summed E-state index contributed by atoms with van der Waals surface area (Å²) in [7, 11) is 0. The predicted molar refractivity (Wildman–Crippen MR) is 89.2 cm³/mol. The second-order valence-corrected chi connectivity index (χ2v) is 5.31. The van der Waals surface area contributed by atoms with Gasteiger partial charge in [0.05, 0.1) is 0 Å². The Hall–Kier alpha value is -2.29. The van der Waals surface area contributed by atoms with Gasteiger partial charge in [-0.1, -0.05) is 6.07 Å². The van der Waals surface area contributed by atoms with Gasteiger partial charge in [-0.2, -0.15) is 0 Å². The monoisotopic (exact) mass is 282 g/mol. The molecule has 0 aliphatic rings. The molecule has 0 aliphatic heterocycles. The number of aryl methyl sites for hydroxylation is 3. The van der Waals surface area contributed by atoms with Crippen LogP contribution in [0, 0.1) is 20.8 Å². The van der Waals surface area contributed by atoms with Gasteiger partial charge in [0.15, 0.2) is 0 Å². The molecule has 21 heavy (non-hydrogen) atoms. The van der Waals surface area contributed by atoms with E-state index in [1.165, 1.54) is 11.1 Å². The molecule has 110 valence electrons. The first-order valence-electron chi connectivity index (χ1n) is 7.24. The van der Waals surface area contributed by atoms with Crippen molar-refractivity contribution in [3.63, 3.8) is 0 Å². The van der Waals surface area contributed by atoms with Crippen molar-refractivity contribution in [1.29, 1.82) is 0 Å². The van der Waals surface area contributed by atoms with Crippen molar-refractivity contribution in [2.45, 2.75) is 27.7 Å². The summed E-state index contributed by atoms with van der Waals surface area (Å²) < 4.78 is 0. The van der Waals surface area contributed by atoms with E-state index in [0.717, 1.165) is 23.5 Å². The van der Waals surface area contributed by atoms with Gasteiger partial charge < -0.3 is 10.6 Å². The fourth-order valence-electron chi connectivity index (χ4n) is 2.25. The number of hydrogen-bond acceptors (Lipinski definition) is 2. The van der Waals surface area contributed by atoms with Crippen LogP contribution in [0.3, 0.4) is 0 Å². The first kappa shape index (κ1) is 15.1. The van der Waals surface area contributed by atoms with Gasteiger partial charge in [-0.25, -0.2) is 0 Å². The Kier molecular flexibility index (Phi) is 4.63. The Morgan fingerprint density at radius 1 is 0.905 bits per heavy atom. The van der Waals surface area contributed by atoms with Gasteiger partial charge in [0.1, 0.15) is 0 Å². The summed E-state index contributed by atoms with van der Waals surface area (Å²) in [5.74, 6) is -0.0706. The molecule has 0 saturated heterocycles. The quantitative estimate of drug-likeness (QED) is 0.878. The zero-order valence-corrected chi connectivity index (χ0v) is 13.1. The number of benzene rings is 2. The largest absolute Gasteiger partial charge is 0.385 e. The minimum Gasteiger partial charge on any atom is -0.385 e. The number of rotatable bonds is 4. The minimum atomic E-state index is -0.0706. The molecule has 0 radical (unpaired) electrons. The van der Waals surface area contributed by atoms with E-state index in [9.17, 15) is 4.79 Å². The summed E-state index contributed by atoms with van der Waals surface area (Å²) in [6, 6.07) is 11.7. The molecule has 0 spiro atoms. The highest BCUT2D eigenvalue weighted by Gasteiger charge is 2.10. The van der Waals surface area contributed by atoms with Crippen LogP contribution in [-0.4, -0.2) is 12.5 Å². The molecule has 2 N–H and O–H groups in total. The van der Waals surface area contributed by atoms with Crippen LogP contribution in [0.4, 0.5) is 11.4 Å². The third-order valence-electron chi connectivity index (χ3n) is 3.62. The molecule has 2 rings (SSSR count). The number of amides is 1. The smallest absolute Gasteiger partial charge is 0.255 e. The van der Waals surface area contributed by atoms with Crippen LogP contribution in [0.1, 0.15) is 34.0 Å². The van der Waals surface area contributed by atoms with Crippen molar-refractivity contribution in [3.05, 3.63) is 58.7 Å². The van der Waals surface area contributed by atoms with Crippen LogP contribution >= 0.6 is 0 Å². The molecule has 0 saturated carbocycles. The molecule has 0 heterocycles. The van der Waals surface area contributed by atoms with Crippen molar-refractivity contribution in [2.75, 3.05) is 17.2 Å². The maximum absolute atomic E-state index is 12.4. The van der Waals surface area contributed by atoms with E-state index in [1.807, 2.05) is 50.2 Å². The Bertz CT molecular complexity index is 662. The number of hydrogen-bond donors (Lipinski definition) is 2. The molecular formula is C18H22N2O. The fraction of sp³-hybridized carbons (Fsp3) is 0.278. The molecule has 0 unspecified atom stereocenters. The maximum Gasteiger partial charge on any atom is 0.255 e. The van der Waals surface area contributed by atoms with Crippen molar-refractivity contribution in [1.82, 2.24) is 0 Å². The Morgan fingerprint density at radius 2 is 1.57 bits per heavy atom. The minimum absolute atomic E-state index is 0.0706. The molecule has 0 aliphatic carbocycles. The predicted octanol–water partition coefficient (Wildman–Crippen LogP) is 4.30. The average Bonchev–Trinajstić information content (AvgIpc) is 2.43. The topological polar surface area (TPSA) is 41.1 Å². The Labute approximate surface area is 126 Å². The molecule has 2 aromatic rings. The summed E-state index contributed by atoms with van der Waals surface area (Å²) in [5, 5.41) is 6.21. The lowest BCUT2D eigenvalue weighted by atomic mass is 10.1. The first-order valence-corrected chi connectivity index (χ1v) is 7.24. The molecule has 0 atom stereocenters. The van der Waals surface area contributed by atoms with E-state index in [2.05, 4.69) is 24.5 Å². The zero-order valence-electron chi connectivity index (χ0n) is 13.1. The van der Waals surface area contributed by atoms with E-state index >= 15 is 0 Å². The van der Waals surface area contributed by atoms with Crippen LogP contribution in [0.15, 0.2) is 36.4 Å². The molecule has 2 aromatic carbocycles. The fourth-order valence-corrected chi connectivity index (χ4v) is 2.25. The van der Waals surface area contributed by atoms with Crippen LogP contribution in [-0.2, 0) is 0 Å². The molecule has 0 fully saturated rings. The van der Waals surface area contributed by atoms with E-state index in [-0.39, 0.29) is 5.91 Å². The second-order valence-electron chi connectivity index (χ2n) is 5.31. The number of carbonyl (C=O) groups is 1. The molecular weight excluding hydrogens is 260 g/mol. The van der Waals surface area contributed by atoms with Gasteiger partial charge in [-0.05, 0) is 74.7 Å². The number of anilines is 2. The van der Waals surface area contributed by atoms with Gasteiger partial charge in [-0.15, -0.1) is 0 Å². The first-order chi connectivity index (χ1) is 10.0. The van der Waals surface area contributed by atoms with E-state index in [1.54, 1.807) is 0 Å². The van der Waals surface area contributed by atoms with Gasteiger partial charge in [0, 0.05) is 23.5 Å². The lowest BCUT2D eigenvalue weighted by molar-refractivity contribution is 0.102. The molecule has 3 heteroatoms. The van der Waals surface area contributed by atoms with Crippen molar-refractivity contribution < 1.29 is 4.79 Å². The Balaban J connectivity index is 2.18. The lowest BCUT2D eigenvalue weighted by Crippen LogP contribution is -2.13. The summed E-state index contributed by atoms with van der Waals surface area (Å²) >= 11 is 0. The molecule has 1 amide bonds. The van der Waals surface area contributed by atoms with Gasteiger partial charge >= 0.3 is 0 Å². The van der Waals surface area contributed by atoms with Crippen LogP contribution in [0.2, 0.25) is 0 Å². The summed E-state index contributed by atoms with van der Waals surface area (Å²) in [6.07, 6.45) is 0. The number of nitrogens with one attached hydrogen (secondary N) is 2. The van der Waals surface area contributed by atoms with E-state index < -0.39 is 0 Å². The van der Waals surface area contributed by atoms with Crippen LogP contribution < -0.4 is 10.6 Å². The molecule has 0 bridgehead atoms. The van der Waals surface area contributed by atoms with Crippen LogP contribution in [0.25, 0.3) is 0 Å². The lowest BCUT2D eigenvalue weighted by Gasteiger charge is -2.11. The van der Waals surface area contributed by atoms with Gasteiger partial charge in [-0.3, -0.25) is 4.79 Å². The summed E-state index contributed by atoms with van der Waals surface area (Å²) in [4.78, 5) is 12.4. The molecule has 3 nitrogen and oxygen atoms in total. The van der Waals surface area contributed by atoms with Gasteiger partial charge in [0.2, 0.25) is 0 Å². The highest BCUT2D eigenvalue weighted by atomic mass is 16.1. The molecule has 0 aromatic heterocycles. The third kappa shape index (κ3) is 3.63. The van der Waals surface area contributed by atoms with Gasteiger partial charge in [0.25, 0.3) is 5.91 Å². The summed E-state index contributed by atoms with van der Waals surface area (Å²) in [6.45, 7) is 8.98. The third-order valence-corrected chi connectivity index (χ3v) is 3.62. The standard InChI is InChI=1S/C18H22N2O/c1-5-19-15-8-9-17(14(4)11-15)18(21)20-16-7-6-12(2)13(3)10-16/h6-11,19H,5H2,1-4H3,(H,20,21).